The Hall–Kier alpha value is -3.55. The lowest BCUT2D eigenvalue weighted by molar-refractivity contribution is -0.141. The van der Waals surface area contributed by atoms with Crippen LogP contribution in [0.2, 0.25) is 0 Å². The molecule has 1 heterocycles. The average molecular weight is 481 g/mol. The maximum Gasteiger partial charge on any atom is 0.290 e. The molecule has 2 rings (SSSR count). The van der Waals surface area contributed by atoms with Crippen molar-refractivity contribution in [2.24, 2.45) is 5.92 Å². The van der Waals surface area contributed by atoms with Crippen LogP contribution in [0.3, 0.4) is 0 Å². The van der Waals surface area contributed by atoms with Gasteiger partial charge in [-0.05, 0) is 57.2 Å². The van der Waals surface area contributed by atoms with E-state index in [9.17, 15) is 19.2 Å². The zero-order valence-electron chi connectivity index (χ0n) is 21.3. The first kappa shape index (κ1) is 27.7. The second kappa shape index (κ2) is 12.2. The van der Waals surface area contributed by atoms with Gasteiger partial charge in [-0.3, -0.25) is 24.2 Å². The molecule has 8 heteroatoms. The van der Waals surface area contributed by atoms with Crippen molar-refractivity contribution < 1.29 is 19.2 Å². The number of aromatic nitrogens is 1. The van der Waals surface area contributed by atoms with Crippen LogP contribution in [-0.4, -0.2) is 46.1 Å². The lowest BCUT2D eigenvalue weighted by atomic mass is 9.98. The van der Waals surface area contributed by atoms with Gasteiger partial charge in [0, 0.05) is 24.4 Å². The molecular formula is C27H36N4O4. The summed E-state index contributed by atoms with van der Waals surface area (Å²) in [6.07, 6.45) is 3.58. The largest absolute Gasteiger partial charge is 0.345 e. The first-order valence-corrected chi connectivity index (χ1v) is 11.8. The van der Waals surface area contributed by atoms with Gasteiger partial charge in [0.1, 0.15) is 12.1 Å². The van der Waals surface area contributed by atoms with Crippen molar-refractivity contribution in [1.82, 2.24) is 20.9 Å². The van der Waals surface area contributed by atoms with Crippen molar-refractivity contribution in [3.05, 3.63) is 65.5 Å². The van der Waals surface area contributed by atoms with Gasteiger partial charge in [-0.2, -0.15) is 0 Å². The number of benzene rings is 1. The van der Waals surface area contributed by atoms with Crippen LogP contribution in [0, 0.1) is 12.8 Å². The molecule has 0 spiro atoms. The van der Waals surface area contributed by atoms with E-state index in [-0.39, 0.29) is 12.3 Å². The van der Waals surface area contributed by atoms with Crippen LogP contribution < -0.4 is 16.0 Å². The minimum absolute atomic E-state index is 0.0918. The molecule has 3 amide bonds. The Morgan fingerprint density at radius 2 is 1.60 bits per heavy atom. The number of hydrogen-bond donors (Lipinski definition) is 3. The quantitative estimate of drug-likeness (QED) is 0.452. The highest BCUT2D eigenvalue weighted by Gasteiger charge is 2.32. The number of aryl methyl sites for hydroxylation is 1. The number of amides is 3. The van der Waals surface area contributed by atoms with E-state index in [1.54, 1.807) is 33.0 Å². The highest BCUT2D eigenvalue weighted by molar-refractivity contribution is 6.38. The molecule has 0 bridgehead atoms. The monoisotopic (exact) mass is 480 g/mol. The zero-order valence-corrected chi connectivity index (χ0v) is 21.3. The predicted octanol–water partition coefficient (Wildman–Crippen LogP) is 2.75. The molecule has 0 radical (unpaired) electrons. The molecule has 3 N–H and O–H groups in total. The van der Waals surface area contributed by atoms with E-state index in [0.29, 0.717) is 12.0 Å². The summed E-state index contributed by atoms with van der Waals surface area (Å²) < 4.78 is 0. The van der Waals surface area contributed by atoms with Crippen LogP contribution in [0.4, 0.5) is 0 Å². The number of rotatable bonds is 10. The van der Waals surface area contributed by atoms with Gasteiger partial charge in [-0.15, -0.1) is 0 Å². The van der Waals surface area contributed by atoms with E-state index < -0.39 is 41.1 Å². The van der Waals surface area contributed by atoms with E-state index in [1.165, 1.54) is 6.20 Å². The number of carbonyl (C=O) groups excluding carboxylic acids is 4. The van der Waals surface area contributed by atoms with Gasteiger partial charge >= 0.3 is 0 Å². The Morgan fingerprint density at radius 3 is 2.17 bits per heavy atom. The maximum atomic E-state index is 13.3. The van der Waals surface area contributed by atoms with Crippen LogP contribution in [0.25, 0.3) is 0 Å². The average Bonchev–Trinajstić information content (AvgIpc) is 2.76. The lowest BCUT2D eigenvalue weighted by Gasteiger charge is -2.25. The molecular weight excluding hydrogens is 444 g/mol. The number of nitrogens with one attached hydrogen (secondary N) is 3. The Balaban J connectivity index is 2.25. The van der Waals surface area contributed by atoms with Crippen LogP contribution in [0.15, 0.2) is 48.8 Å². The predicted molar refractivity (Wildman–Crippen MR) is 135 cm³/mol. The molecule has 2 aromatic rings. The van der Waals surface area contributed by atoms with E-state index in [1.807, 2.05) is 51.1 Å². The molecule has 1 aromatic heterocycles. The second-order valence-corrected chi connectivity index (χ2v) is 10.2. The molecule has 35 heavy (non-hydrogen) atoms. The van der Waals surface area contributed by atoms with Gasteiger partial charge in [0.05, 0.1) is 5.56 Å². The number of nitrogens with zero attached hydrogens (tertiary/aromatic N) is 1. The number of ketones is 1. The van der Waals surface area contributed by atoms with Crippen LogP contribution in [-0.2, 0) is 20.8 Å². The highest BCUT2D eigenvalue weighted by atomic mass is 16.2. The summed E-state index contributed by atoms with van der Waals surface area (Å²) in [6.45, 7) is 11.0. The summed E-state index contributed by atoms with van der Waals surface area (Å²) in [5.74, 6) is -2.37. The second-order valence-electron chi connectivity index (χ2n) is 10.2. The summed E-state index contributed by atoms with van der Waals surface area (Å²) in [5, 5.41) is 8.15. The van der Waals surface area contributed by atoms with Gasteiger partial charge < -0.3 is 16.0 Å². The van der Waals surface area contributed by atoms with Gasteiger partial charge in [0.15, 0.2) is 0 Å². The zero-order chi connectivity index (χ0) is 26.2. The Bertz CT molecular complexity index is 1040. The van der Waals surface area contributed by atoms with Gasteiger partial charge in [-0.1, -0.05) is 44.2 Å². The van der Waals surface area contributed by atoms with E-state index >= 15 is 0 Å². The van der Waals surface area contributed by atoms with Crippen molar-refractivity contribution in [3.8, 4) is 0 Å². The first-order chi connectivity index (χ1) is 16.4. The van der Waals surface area contributed by atoms with Crippen LogP contribution >= 0.6 is 0 Å². The summed E-state index contributed by atoms with van der Waals surface area (Å²) in [7, 11) is 0. The molecule has 188 valence electrons. The van der Waals surface area contributed by atoms with Crippen molar-refractivity contribution in [1.29, 1.82) is 0 Å². The van der Waals surface area contributed by atoms with E-state index in [4.69, 9.17) is 0 Å². The third kappa shape index (κ3) is 9.31. The van der Waals surface area contributed by atoms with Gasteiger partial charge in [-0.25, -0.2) is 0 Å². The molecule has 0 saturated carbocycles. The topological polar surface area (TPSA) is 117 Å². The van der Waals surface area contributed by atoms with Crippen molar-refractivity contribution in [3.63, 3.8) is 0 Å². The summed E-state index contributed by atoms with van der Waals surface area (Å²) in [6, 6.07) is 8.86. The standard InChI is InChI=1S/C27H36N4O4/c1-17(2)12-22(30-24(33)20-13-18(3)15-28-16-20)25(34)29-21(14-19-10-8-7-9-11-19)23(32)26(35)31-27(4,5)6/h7-11,13,15-17,21-22H,12,14H2,1-6H3,(H,29,34)(H,30,33)(H,31,35)/t21?,22-/m0/s1. The molecule has 0 aliphatic carbocycles. The van der Waals surface area contributed by atoms with Gasteiger partial charge in [0.2, 0.25) is 11.7 Å². The smallest absolute Gasteiger partial charge is 0.290 e. The van der Waals surface area contributed by atoms with Crippen LogP contribution in [0.5, 0.6) is 0 Å². The Morgan fingerprint density at radius 1 is 0.943 bits per heavy atom. The lowest BCUT2D eigenvalue weighted by Crippen LogP contribution is -2.56. The fourth-order valence-electron chi connectivity index (χ4n) is 3.52. The molecule has 0 aliphatic heterocycles. The fourth-order valence-corrected chi connectivity index (χ4v) is 3.52. The molecule has 0 saturated heterocycles. The number of carbonyl (C=O) groups is 4. The molecule has 0 aliphatic rings. The summed E-state index contributed by atoms with van der Waals surface area (Å²) >= 11 is 0. The molecule has 0 fully saturated rings. The normalized spacial score (nSPS) is 13.0. The Kier molecular flexibility index (Phi) is 9.68. The Labute approximate surface area is 207 Å². The van der Waals surface area contributed by atoms with Crippen molar-refractivity contribution in [2.45, 2.75) is 72.0 Å². The fraction of sp³-hybridized carbons (Fsp3) is 0.444. The molecule has 1 aromatic carbocycles. The third-order valence-corrected chi connectivity index (χ3v) is 5.09. The molecule has 8 nitrogen and oxygen atoms in total. The van der Waals surface area contributed by atoms with E-state index in [2.05, 4.69) is 20.9 Å². The van der Waals surface area contributed by atoms with E-state index in [0.717, 1.165) is 11.1 Å². The van der Waals surface area contributed by atoms with Crippen LogP contribution in [0.1, 0.15) is 62.5 Å². The van der Waals surface area contributed by atoms with Crippen molar-refractivity contribution >= 4 is 23.5 Å². The summed E-state index contributed by atoms with van der Waals surface area (Å²) in [4.78, 5) is 55.8. The van der Waals surface area contributed by atoms with Crippen molar-refractivity contribution in [2.75, 3.05) is 0 Å². The summed E-state index contributed by atoms with van der Waals surface area (Å²) in [5.41, 5.74) is 1.35. The molecule has 1 unspecified atom stereocenters. The SMILES string of the molecule is Cc1cncc(C(=O)N[C@@H](CC(C)C)C(=O)NC(Cc2ccccc2)C(=O)C(=O)NC(C)(C)C)c1. The first-order valence-electron chi connectivity index (χ1n) is 11.8. The van der Waals surface area contributed by atoms with Gasteiger partial charge in [0.25, 0.3) is 11.8 Å². The maximum absolute atomic E-state index is 13.3. The minimum Gasteiger partial charge on any atom is -0.345 e. The molecule has 2 atom stereocenters. The number of hydrogen-bond acceptors (Lipinski definition) is 5. The minimum atomic E-state index is -1.08. The highest BCUT2D eigenvalue weighted by Crippen LogP contribution is 2.11. The number of Topliss-reactive ketones (excluding diaryl/α,β-unsaturated/α-hetero) is 1. The third-order valence-electron chi connectivity index (χ3n) is 5.09. The number of pyridine rings is 1.